The van der Waals surface area contributed by atoms with Gasteiger partial charge in [0.25, 0.3) is 6.43 Å². The lowest BCUT2D eigenvalue weighted by Crippen LogP contribution is -2.50. The van der Waals surface area contributed by atoms with Crippen molar-refractivity contribution < 1.29 is 28.5 Å². The van der Waals surface area contributed by atoms with Gasteiger partial charge in [0.1, 0.15) is 12.2 Å². The lowest BCUT2D eigenvalue weighted by atomic mass is 9.68. The molecule has 2 aromatic rings. The first kappa shape index (κ1) is 32.9. The van der Waals surface area contributed by atoms with Crippen molar-refractivity contribution in [3.05, 3.63) is 59.7 Å². The minimum absolute atomic E-state index is 0.114. The zero-order valence-corrected chi connectivity index (χ0v) is 24.9. The van der Waals surface area contributed by atoms with Crippen molar-refractivity contribution in [1.82, 2.24) is 9.97 Å². The number of hydrogen-bond donors (Lipinski definition) is 2. The summed E-state index contributed by atoms with van der Waals surface area (Å²) in [5.74, 6) is 0.0292. The number of anilines is 2. The number of halogens is 2. The smallest absolute Gasteiger partial charge is 0.413 e. The van der Waals surface area contributed by atoms with Crippen LogP contribution < -0.4 is 9.80 Å². The zero-order valence-electron chi connectivity index (χ0n) is 24.9. The van der Waals surface area contributed by atoms with Crippen LogP contribution in [0, 0.1) is 29.6 Å². The molecule has 0 radical (unpaired) electrons. The molecule has 11 heteroatoms. The van der Waals surface area contributed by atoms with Crippen LogP contribution in [0.15, 0.2) is 42.9 Å². The Kier molecular flexibility index (Phi) is 11.0. The number of amides is 1. The molecule has 1 heterocycles. The number of aliphatic hydroxyl groups is 1. The first-order valence-electron chi connectivity index (χ1n) is 14.2. The Morgan fingerprint density at radius 2 is 2.05 bits per heavy atom. The monoisotopic (exact) mass is 585 g/mol. The van der Waals surface area contributed by atoms with Gasteiger partial charge in [-0.25, -0.2) is 18.6 Å². The van der Waals surface area contributed by atoms with Gasteiger partial charge in [0.2, 0.25) is 0 Å². The number of rotatable bonds is 12. The maximum atomic E-state index is 13.2. The number of alkyl halides is 2. The molecule has 3 rings (SSSR count). The minimum atomic E-state index is -2.61. The van der Waals surface area contributed by atoms with E-state index < -0.39 is 36.2 Å². The van der Waals surface area contributed by atoms with Crippen LogP contribution in [0.25, 0.3) is 0 Å². The molecule has 2 N–H and O–H groups in total. The SMILES string of the molecule is CC/C=C\N(C[C@]1(C)CC(CN(C(=O)O)c2cnc(C(C)(C)O)cn2)CCC1OCC(F)F)c1cc(C#N)ccc1C. The van der Waals surface area contributed by atoms with Gasteiger partial charge < -0.3 is 19.8 Å². The van der Waals surface area contributed by atoms with Crippen molar-refractivity contribution in [3.63, 3.8) is 0 Å². The van der Waals surface area contributed by atoms with Gasteiger partial charge in [-0.1, -0.05) is 26.0 Å². The van der Waals surface area contributed by atoms with Gasteiger partial charge in [0.05, 0.1) is 35.8 Å². The molecule has 1 fully saturated rings. The van der Waals surface area contributed by atoms with Gasteiger partial charge in [-0.15, -0.1) is 0 Å². The highest BCUT2D eigenvalue weighted by Gasteiger charge is 2.43. The van der Waals surface area contributed by atoms with Crippen LogP contribution in [0.1, 0.15) is 70.2 Å². The highest BCUT2D eigenvalue weighted by Crippen LogP contribution is 2.43. The van der Waals surface area contributed by atoms with Gasteiger partial charge in [-0.05, 0) is 70.1 Å². The maximum absolute atomic E-state index is 13.2. The molecule has 1 saturated carbocycles. The molecule has 1 aliphatic rings. The molecule has 1 aromatic carbocycles. The van der Waals surface area contributed by atoms with Gasteiger partial charge in [-0.2, -0.15) is 5.26 Å². The number of aromatic nitrogens is 2. The van der Waals surface area contributed by atoms with Crippen molar-refractivity contribution in [3.8, 4) is 6.07 Å². The van der Waals surface area contributed by atoms with E-state index >= 15 is 0 Å². The quantitative estimate of drug-likeness (QED) is 0.299. The lowest BCUT2D eigenvalue weighted by Gasteiger charge is -2.47. The number of hydrogen-bond acceptors (Lipinski definition) is 7. The number of nitriles is 1. The van der Waals surface area contributed by atoms with E-state index in [1.807, 2.05) is 50.1 Å². The lowest BCUT2D eigenvalue weighted by molar-refractivity contribution is -0.0981. The summed E-state index contributed by atoms with van der Waals surface area (Å²) in [5.41, 5.74) is 0.769. The summed E-state index contributed by atoms with van der Waals surface area (Å²) >= 11 is 0. The van der Waals surface area contributed by atoms with Crippen LogP contribution in [0.3, 0.4) is 0 Å². The molecule has 42 heavy (non-hydrogen) atoms. The third kappa shape index (κ3) is 8.46. The maximum Gasteiger partial charge on any atom is 0.413 e. The summed E-state index contributed by atoms with van der Waals surface area (Å²) in [6.45, 7) is 8.97. The van der Waals surface area contributed by atoms with Gasteiger partial charge in [-0.3, -0.25) is 9.88 Å². The summed E-state index contributed by atoms with van der Waals surface area (Å²) in [7, 11) is 0. The molecule has 0 saturated heterocycles. The molecular weight excluding hydrogens is 544 g/mol. The fourth-order valence-corrected chi connectivity index (χ4v) is 5.56. The Hall–Kier alpha value is -3.62. The Labute approximate surface area is 246 Å². The highest BCUT2D eigenvalue weighted by molar-refractivity contribution is 5.84. The first-order valence-corrected chi connectivity index (χ1v) is 14.2. The Morgan fingerprint density at radius 3 is 2.62 bits per heavy atom. The molecule has 9 nitrogen and oxygen atoms in total. The number of benzene rings is 1. The van der Waals surface area contributed by atoms with Crippen LogP contribution in [-0.2, 0) is 10.3 Å². The van der Waals surface area contributed by atoms with Crippen LogP contribution in [0.4, 0.5) is 25.1 Å². The number of ether oxygens (including phenoxy) is 1. The third-order valence-corrected chi connectivity index (χ3v) is 7.71. The van der Waals surface area contributed by atoms with Crippen molar-refractivity contribution in [2.75, 3.05) is 29.5 Å². The Balaban J connectivity index is 1.93. The summed E-state index contributed by atoms with van der Waals surface area (Å²) in [4.78, 5) is 23.9. The summed E-state index contributed by atoms with van der Waals surface area (Å²) in [5, 5.41) is 29.7. The predicted octanol–water partition coefficient (Wildman–Crippen LogP) is 6.26. The standard InChI is InChI=1S/C31H41F2N5O4/c1-6-7-12-37(24-13-22(15-34)9-8-21(24)2)20-31(5)14-23(10-11-26(31)42-19-27(32)33)18-38(29(39)40)28-17-35-25(16-36-28)30(3,4)41/h7-9,12-13,16-17,23,26-27,41H,6,10-11,14,18-20H2,1-5H3,(H,39,40)/b12-7-/t23?,26?,31-/m0/s1. The van der Waals surface area contributed by atoms with Crippen LogP contribution in [0.2, 0.25) is 0 Å². The normalized spacial score (nSPS) is 21.0. The van der Waals surface area contributed by atoms with E-state index in [2.05, 4.69) is 16.0 Å². The van der Waals surface area contributed by atoms with Crippen molar-refractivity contribution in [2.45, 2.75) is 78.4 Å². The molecule has 228 valence electrons. The highest BCUT2D eigenvalue weighted by atomic mass is 19.3. The van der Waals surface area contributed by atoms with Gasteiger partial charge >= 0.3 is 6.09 Å². The van der Waals surface area contributed by atoms with E-state index in [9.17, 15) is 29.1 Å². The second kappa shape index (κ2) is 14.0. The minimum Gasteiger partial charge on any atom is -0.465 e. The van der Waals surface area contributed by atoms with Gasteiger partial charge in [0.15, 0.2) is 5.82 Å². The van der Waals surface area contributed by atoms with E-state index in [0.717, 1.165) is 22.6 Å². The Bertz CT molecular complexity index is 1280. The molecule has 1 aromatic heterocycles. The van der Waals surface area contributed by atoms with E-state index in [0.29, 0.717) is 37.1 Å². The largest absolute Gasteiger partial charge is 0.465 e. The molecule has 0 bridgehead atoms. The van der Waals surface area contributed by atoms with E-state index in [4.69, 9.17) is 4.74 Å². The van der Waals surface area contributed by atoms with Crippen LogP contribution in [0.5, 0.6) is 0 Å². The second-order valence-corrected chi connectivity index (χ2v) is 11.8. The van der Waals surface area contributed by atoms with Crippen molar-refractivity contribution in [1.29, 1.82) is 5.26 Å². The fraction of sp³-hybridized carbons (Fsp3) is 0.548. The van der Waals surface area contributed by atoms with E-state index in [-0.39, 0.29) is 18.3 Å². The second-order valence-electron chi connectivity index (χ2n) is 11.8. The number of allylic oxidation sites excluding steroid dienone is 1. The zero-order chi connectivity index (χ0) is 31.1. The van der Waals surface area contributed by atoms with Crippen molar-refractivity contribution in [2.24, 2.45) is 11.3 Å². The Morgan fingerprint density at radius 1 is 1.31 bits per heavy atom. The molecule has 0 aliphatic heterocycles. The summed E-state index contributed by atoms with van der Waals surface area (Å²) in [6.07, 6.45) is 4.71. The topological polar surface area (TPSA) is 123 Å². The number of nitrogens with zero attached hydrogens (tertiary/aromatic N) is 5. The predicted molar refractivity (Wildman–Crippen MR) is 157 cm³/mol. The van der Waals surface area contributed by atoms with Crippen LogP contribution in [-0.4, -0.2) is 58.5 Å². The molecule has 1 amide bonds. The van der Waals surface area contributed by atoms with E-state index in [1.54, 1.807) is 19.9 Å². The number of aryl methyl sites for hydroxylation is 1. The molecule has 2 unspecified atom stereocenters. The molecule has 3 atom stereocenters. The van der Waals surface area contributed by atoms with Crippen molar-refractivity contribution >= 4 is 17.6 Å². The summed E-state index contributed by atoms with van der Waals surface area (Å²) < 4.78 is 32.2. The molecular formula is C31H41F2N5O4. The molecule has 1 aliphatic carbocycles. The average molecular weight is 586 g/mol. The number of carbonyl (C=O) groups is 1. The molecule has 0 spiro atoms. The fourth-order valence-electron chi connectivity index (χ4n) is 5.56. The average Bonchev–Trinajstić information content (AvgIpc) is 2.93. The van der Waals surface area contributed by atoms with Crippen LogP contribution >= 0.6 is 0 Å². The number of carboxylic acid groups (broad SMARTS) is 1. The first-order chi connectivity index (χ1) is 19.8. The summed E-state index contributed by atoms with van der Waals surface area (Å²) in [6, 6.07) is 7.63. The van der Waals surface area contributed by atoms with Gasteiger partial charge in [0, 0.05) is 30.4 Å². The van der Waals surface area contributed by atoms with E-state index in [1.165, 1.54) is 12.4 Å². The third-order valence-electron chi connectivity index (χ3n) is 7.71.